The first kappa shape index (κ1) is 18.2. The molecule has 0 aromatic rings. The van der Waals surface area contributed by atoms with Crippen molar-refractivity contribution in [3.63, 3.8) is 0 Å². The molecule has 0 unspecified atom stereocenters. The third-order valence-electron chi connectivity index (χ3n) is 5.73. The van der Waals surface area contributed by atoms with Crippen molar-refractivity contribution in [3.8, 4) is 0 Å². The number of nitrogens with zero attached hydrogens (tertiary/aromatic N) is 2. The summed E-state index contributed by atoms with van der Waals surface area (Å²) in [6, 6.07) is -0.453. The molecule has 1 atom stereocenters. The maximum absolute atomic E-state index is 12.8. The van der Waals surface area contributed by atoms with E-state index in [1.54, 1.807) is 14.0 Å². The standard InChI is InChI=1S/C16H25N3O5S/c1-15(8-9-25(23,24)11-15)17-12(20)10-19-13(21)16(18(2)14(19)22)6-4-3-5-7-16/h3-11H2,1-2H3,(H,17,20)/t15-/m0/s1. The highest BCUT2D eigenvalue weighted by Gasteiger charge is 2.56. The van der Waals surface area contributed by atoms with E-state index in [4.69, 9.17) is 0 Å². The van der Waals surface area contributed by atoms with Gasteiger partial charge in [0.15, 0.2) is 9.84 Å². The van der Waals surface area contributed by atoms with Crippen molar-refractivity contribution in [1.82, 2.24) is 15.1 Å². The predicted octanol–water partition coefficient (Wildman–Crippen LogP) is 0.277. The SMILES string of the molecule is CN1C(=O)N(CC(=O)N[C@@]2(C)CCS(=O)(=O)C2)C(=O)C12CCCCC2. The molecule has 8 nitrogen and oxygen atoms in total. The number of hydrogen-bond donors (Lipinski definition) is 1. The number of sulfone groups is 1. The summed E-state index contributed by atoms with van der Waals surface area (Å²) in [5.74, 6) is -0.879. The highest BCUT2D eigenvalue weighted by Crippen LogP contribution is 2.39. The zero-order chi connectivity index (χ0) is 18.5. The second kappa shape index (κ2) is 5.96. The fraction of sp³-hybridized carbons (Fsp3) is 0.812. The summed E-state index contributed by atoms with van der Waals surface area (Å²) in [7, 11) is -1.53. The van der Waals surface area contributed by atoms with E-state index in [0.717, 1.165) is 24.2 Å². The quantitative estimate of drug-likeness (QED) is 0.718. The van der Waals surface area contributed by atoms with E-state index in [2.05, 4.69) is 5.32 Å². The summed E-state index contributed by atoms with van der Waals surface area (Å²) in [5.41, 5.74) is -1.65. The lowest BCUT2D eigenvalue weighted by molar-refractivity contribution is -0.137. The molecular formula is C16H25N3O5S. The number of carbonyl (C=O) groups is 3. The summed E-state index contributed by atoms with van der Waals surface area (Å²) >= 11 is 0. The van der Waals surface area contributed by atoms with E-state index >= 15 is 0 Å². The van der Waals surface area contributed by atoms with Crippen LogP contribution in [0.1, 0.15) is 45.4 Å². The minimum Gasteiger partial charge on any atom is -0.348 e. The van der Waals surface area contributed by atoms with Crippen molar-refractivity contribution in [2.75, 3.05) is 25.1 Å². The second-order valence-corrected chi connectivity index (χ2v) is 9.96. The highest BCUT2D eigenvalue weighted by atomic mass is 32.2. The van der Waals surface area contributed by atoms with Gasteiger partial charge in [0.25, 0.3) is 5.91 Å². The first-order valence-electron chi connectivity index (χ1n) is 8.70. The fourth-order valence-corrected chi connectivity index (χ4v) is 6.39. The van der Waals surface area contributed by atoms with Crippen LogP contribution in [0.25, 0.3) is 0 Å². The second-order valence-electron chi connectivity index (χ2n) is 7.78. The molecule has 3 rings (SSSR count). The van der Waals surface area contributed by atoms with Gasteiger partial charge in [-0.25, -0.2) is 13.2 Å². The fourth-order valence-electron chi connectivity index (χ4n) is 4.30. The minimum atomic E-state index is -3.15. The molecule has 1 N–H and O–H groups in total. The van der Waals surface area contributed by atoms with Gasteiger partial charge in [0.2, 0.25) is 5.91 Å². The van der Waals surface area contributed by atoms with E-state index in [0.29, 0.717) is 19.3 Å². The number of rotatable bonds is 3. The number of hydrogen-bond acceptors (Lipinski definition) is 5. The van der Waals surface area contributed by atoms with E-state index in [9.17, 15) is 22.8 Å². The van der Waals surface area contributed by atoms with Crippen molar-refractivity contribution < 1.29 is 22.8 Å². The zero-order valence-electron chi connectivity index (χ0n) is 14.7. The molecule has 2 saturated heterocycles. The Balaban J connectivity index is 1.69. The molecule has 25 heavy (non-hydrogen) atoms. The summed E-state index contributed by atoms with van der Waals surface area (Å²) < 4.78 is 23.3. The van der Waals surface area contributed by atoms with Crippen LogP contribution in [-0.4, -0.2) is 72.2 Å². The number of imide groups is 1. The molecule has 2 aliphatic heterocycles. The number of carbonyl (C=O) groups excluding carboxylic acids is 3. The summed E-state index contributed by atoms with van der Waals surface area (Å²) in [6.07, 6.45) is 4.42. The molecule has 9 heteroatoms. The van der Waals surface area contributed by atoms with Gasteiger partial charge in [-0.3, -0.25) is 14.5 Å². The van der Waals surface area contributed by atoms with Crippen LogP contribution in [0.15, 0.2) is 0 Å². The van der Waals surface area contributed by atoms with Crippen LogP contribution in [0, 0.1) is 0 Å². The molecule has 3 aliphatic rings. The molecular weight excluding hydrogens is 346 g/mol. The first-order chi connectivity index (χ1) is 11.6. The van der Waals surface area contributed by atoms with Gasteiger partial charge < -0.3 is 10.2 Å². The zero-order valence-corrected chi connectivity index (χ0v) is 15.5. The van der Waals surface area contributed by atoms with Crippen LogP contribution < -0.4 is 5.32 Å². The summed E-state index contributed by atoms with van der Waals surface area (Å²) in [4.78, 5) is 40.2. The molecule has 2 heterocycles. The Morgan fingerprint density at radius 2 is 1.80 bits per heavy atom. The summed E-state index contributed by atoms with van der Waals surface area (Å²) in [6.45, 7) is 1.32. The average Bonchev–Trinajstić information content (AvgIpc) is 2.90. The van der Waals surface area contributed by atoms with Crippen molar-refractivity contribution in [2.45, 2.75) is 56.5 Å². The van der Waals surface area contributed by atoms with Crippen molar-refractivity contribution >= 4 is 27.7 Å². The van der Waals surface area contributed by atoms with E-state index < -0.39 is 32.9 Å². The Kier molecular flexibility index (Phi) is 4.33. The third kappa shape index (κ3) is 3.14. The monoisotopic (exact) mass is 371 g/mol. The van der Waals surface area contributed by atoms with Crippen LogP contribution in [0.4, 0.5) is 4.79 Å². The van der Waals surface area contributed by atoms with Gasteiger partial charge in [-0.1, -0.05) is 19.3 Å². The van der Waals surface area contributed by atoms with Gasteiger partial charge in [-0.2, -0.15) is 0 Å². The van der Waals surface area contributed by atoms with Crippen molar-refractivity contribution in [3.05, 3.63) is 0 Å². The Morgan fingerprint density at radius 3 is 2.36 bits per heavy atom. The largest absolute Gasteiger partial charge is 0.348 e. The Labute approximate surface area is 147 Å². The molecule has 1 aliphatic carbocycles. The number of amides is 4. The van der Waals surface area contributed by atoms with Crippen molar-refractivity contribution in [1.29, 1.82) is 0 Å². The maximum atomic E-state index is 12.8. The normalized spacial score (nSPS) is 31.0. The first-order valence-corrected chi connectivity index (χ1v) is 10.5. The van der Waals surface area contributed by atoms with Crippen LogP contribution in [-0.2, 0) is 19.4 Å². The lowest BCUT2D eigenvalue weighted by Gasteiger charge is -2.35. The molecule has 140 valence electrons. The van der Waals surface area contributed by atoms with Crippen LogP contribution >= 0.6 is 0 Å². The van der Waals surface area contributed by atoms with Crippen LogP contribution in [0.5, 0.6) is 0 Å². The minimum absolute atomic E-state index is 0.0389. The van der Waals surface area contributed by atoms with Gasteiger partial charge in [-0.05, 0) is 26.2 Å². The molecule has 0 aromatic carbocycles. The maximum Gasteiger partial charge on any atom is 0.327 e. The van der Waals surface area contributed by atoms with Gasteiger partial charge >= 0.3 is 6.03 Å². The smallest absolute Gasteiger partial charge is 0.327 e. The Bertz CT molecular complexity index is 713. The number of urea groups is 1. The van der Waals surface area contributed by atoms with Crippen molar-refractivity contribution in [2.24, 2.45) is 0 Å². The molecule has 3 fully saturated rings. The molecule has 0 bridgehead atoms. The lowest BCUT2D eigenvalue weighted by atomic mass is 9.81. The molecule has 1 spiro atoms. The van der Waals surface area contributed by atoms with Gasteiger partial charge in [0.05, 0.1) is 17.0 Å². The van der Waals surface area contributed by atoms with Gasteiger partial charge in [0, 0.05) is 7.05 Å². The third-order valence-corrected chi connectivity index (χ3v) is 7.63. The van der Waals surface area contributed by atoms with E-state index in [1.807, 2.05) is 0 Å². The van der Waals surface area contributed by atoms with Gasteiger partial charge in [-0.15, -0.1) is 0 Å². The number of nitrogens with one attached hydrogen (secondary N) is 1. The highest BCUT2D eigenvalue weighted by molar-refractivity contribution is 7.91. The average molecular weight is 371 g/mol. The Morgan fingerprint density at radius 1 is 1.16 bits per heavy atom. The molecule has 4 amide bonds. The van der Waals surface area contributed by atoms with E-state index in [1.165, 1.54) is 4.90 Å². The number of likely N-dealkylation sites (N-methyl/N-ethyl adjacent to an activating group) is 1. The lowest BCUT2D eigenvalue weighted by Crippen LogP contribution is -2.52. The molecule has 0 aromatic heterocycles. The molecule has 0 radical (unpaired) electrons. The van der Waals surface area contributed by atoms with Gasteiger partial charge in [0.1, 0.15) is 12.1 Å². The van der Waals surface area contributed by atoms with E-state index in [-0.39, 0.29) is 24.0 Å². The Hall–Kier alpha value is -1.64. The predicted molar refractivity (Wildman–Crippen MR) is 90.5 cm³/mol. The van der Waals surface area contributed by atoms with Crippen LogP contribution in [0.3, 0.4) is 0 Å². The van der Waals surface area contributed by atoms with Crippen LogP contribution in [0.2, 0.25) is 0 Å². The molecule has 1 saturated carbocycles. The summed E-state index contributed by atoms with van der Waals surface area (Å²) in [5, 5.41) is 2.70. The topological polar surface area (TPSA) is 104 Å².